The minimum atomic E-state index is 0.612. The molecule has 2 aromatic heterocycles. The van der Waals surface area contributed by atoms with E-state index in [9.17, 15) is 0 Å². The quantitative estimate of drug-likeness (QED) is 0.879. The number of H-pyrrole nitrogens is 1. The molecule has 94 valence electrons. The van der Waals surface area contributed by atoms with Crippen molar-refractivity contribution in [1.82, 2.24) is 19.9 Å². The van der Waals surface area contributed by atoms with Crippen LogP contribution in [-0.2, 0) is 13.0 Å². The number of hydrogen-bond donors (Lipinski definition) is 1. The van der Waals surface area contributed by atoms with Gasteiger partial charge in [0.25, 0.3) is 0 Å². The normalized spacial score (nSPS) is 14.4. The van der Waals surface area contributed by atoms with E-state index < -0.39 is 0 Å². The Morgan fingerprint density at radius 1 is 1.39 bits per heavy atom. The zero-order chi connectivity index (χ0) is 12.4. The van der Waals surface area contributed by atoms with Gasteiger partial charge in [0.05, 0.1) is 30.9 Å². The Kier molecular flexibility index (Phi) is 2.84. The van der Waals surface area contributed by atoms with Gasteiger partial charge in [0.15, 0.2) is 0 Å². The molecule has 0 atom stereocenters. The third-order valence-electron chi connectivity index (χ3n) is 3.02. The van der Waals surface area contributed by atoms with Crippen LogP contribution in [0.2, 0.25) is 0 Å². The first-order valence-electron chi connectivity index (χ1n) is 6.07. The fraction of sp³-hybridized carbons (Fsp3) is 0.417. The van der Waals surface area contributed by atoms with Crippen molar-refractivity contribution < 1.29 is 4.74 Å². The summed E-state index contributed by atoms with van der Waals surface area (Å²) in [5, 5.41) is 0. The molecule has 0 spiro atoms. The first kappa shape index (κ1) is 11.0. The topological polar surface area (TPSA) is 66.9 Å². The van der Waals surface area contributed by atoms with E-state index in [2.05, 4.69) is 24.8 Å². The molecule has 1 aliphatic rings. The summed E-state index contributed by atoms with van der Waals surface area (Å²) >= 11 is 0. The Hall–Kier alpha value is -2.11. The van der Waals surface area contributed by atoms with Crippen molar-refractivity contribution in [2.24, 2.45) is 0 Å². The predicted molar refractivity (Wildman–Crippen MR) is 66.5 cm³/mol. The lowest BCUT2D eigenvalue weighted by Crippen LogP contribution is -2.31. The summed E-state index contributed by atoms with van der Waals surface area (Å²) in [5.74, 6) is 1.52. The molecule has 6 nitrogen and oxygen atoms in total. The second-order valence-corrected chi connectivity index (χ2v) is 4.15. The van der Waals surface area contributed by atoms with E-state index >= 15 is 0 Å². The van der Waals surface area contributed by atoms with E-state index in [1.54, 1.807) is 12.7 Å². The standard InChI is InChI=1S/C12H15N5O/c1-2-18-12-5-11(15-8-16-12)17-4-3-9-10(6-17)14-7-13-9/h5,7-8H,2-4,6H2,1H3,(H,13,14). The Bertz CT molecular complexity index is 539. The number of fused-ring (bicyclic) bond motifs is 1. The van der Waals surface area contributed by atoms with Gasteiger partial charge in [-0.1, -0.05) is 0 Å². The molecule has 0 amide bonds. The molecular formula is C12H15N5O. The maximum atomic E-state index is 5.39. The van der Waals surface area contributed by atoms with Crippen LogP contribution in [0.15, 0.2) is 18.7 Å². The number of rotatable bonds is 3. The number of aromatic nitrogens is 4. The van der Waals surface area contributed by atoms with Crippen LogP contribution in [0.3, 0.4) is 0 Å². The van der Waals surface area contributed by atoms with Crippen LogP contribution < -0.4 is 9.64 Å². The minimum Gasteiger partial charge on any atom is -0.478 e. The van der Waals surface area contributed by atoms with Crippen molar-refractivity contribution in [2.45, 2.75) is 19.9 Å². The van der Waals surface area contributed by atoms with Crippen molar-refractivity contribution in [3.8, 4) is 5.88 Å². The first-order chi connectivity index (χ1) is 8.86. The Labute approximate surface area is 105 Å². The number of nitrogens with one attached hydrogen (secondary N) is 1. The molecule has 0 radical (unpaired) electrons. The number of imidazole rings is 1. The van der Waals surface area contributed by atoms with Gasteiger partial charge in [0.2, 0.25) is 5.88 Å². The fourth-order valence-electron chi connectivity index (χ4n) is 2.14. The lowest BCUT2D eigenvalue weighted by molar-refractivity contribution is 0.326. The summed E-state index contributed by atoms with van der Waals surface area (Å²) in [5.41, 5.74) is 2.32. The number of nitrogens with zero attached hydrogens (tertiary/aromatic N) is 4. The van der Waals surface area contributed by atoms with E-state index in [1.807, 2.05) is 13.0 Å². The van der Waals surface area contributed by atoms with Gasteiger partial charge in [-0.05, 0) is 6.92 Å². The van der Waals surface area contributed by atoms with Crippen molar-refractivity contribution in [2.75, 3.05) is 18.1 Å². The Balaban J connectivity index is 1.81. The molecule has 0 unspecified atom stereocenters. The maximum Gasteiger partial charge on any atom is 0.218 e. The third kappa shape index (κ3) is 2.01. The van der Waals surface area contributed by atoms with E-state index in [1.165, 1.54) is 0 Å². The van der Waals surface area contributed by atoms with Crippen molar-refractivity contribution in [1.29, 1.82) is 0 Å². The molecule has 0 saturated carbocycles. The molecule has 3 rings (SSSR count). The highest BCUT2D eigenvalue weighted by molar-refractivity contribution is 5.43. The van der Waals surface area contributed by atoms with Gasteiger partial charge in [-0.3, -0.25) is 0 Å². The lowest BCUT2D eigenvalue weighted by Gasteiger charge is -2.27. The molecular weight excluding hydrogens is 230 g/mol. The molecule has 2 aromatic rings. The van der Waals surface area contributed by atoms with Crippen molar-refractivity contribution >= 4 is 5.82 Å². The average molecular weight is 245 g/mol. The zero-order valence-electron chi connectivity index (χ0n) is 10.3. The van der Waals surface area contributed by atoms with Gasteiger partial charge in [-0.25, -0.2) is 15.0 Å². The highest BCUT2D eigenvalue weighted by Crippen LogP contribution is 2.22. The van der Waals surface area contributed by atoms with Crippen LogP contribution in [0.1, 0.15) is 18.3 Å². The van der Waals surface area contributed by atoms with Gasteiger partial charge in [0.1, 0.15) is 12.1 Å². The molecule has 1 N–H and O–H groups in total. The summed E-state index contributed by atoms with van der Waals surface area (Å²) in [7, 11) is 0. The van der Waals surface area contributed by atoms with Crippen LogP contribution in [-0.4, -0.2) is 33.1 Å². The Morgan fingerprint density at radius 2 is 2.33 bits per heavy atom. The van der Waals surface area contributed by atoms with E-state index in [0.717, 1.165) is 36.7 Å². The Morgan fingerprint density at radius 3 is 3.22 bits per heavy atom. The fourth-order valence-corrected chi connectivity index (χ4v) is 2.14. The minimum absolute atomic E-state index is 0.612. The molecule has 0 aliphatic carbocycles. The highest BCUT2D eigenvalue weighted by atomic mass is 16.5. The van der Waals surface area contributed by atoms with E-state index in [0.29, 0.717) is 12.5 Å². The average Bonchev–Trinajstić information content (AvgIpc) is 2.86. The SMILES string of the molecule is CCOc1cc(N2CCc3nc[nH]c3C2)ncn1. The van der Waals surface area contributed by atoms with Gasteiger partial charge < -0.3 is 14.6 Å². The first-order valence-corrected chi connectivity index (χ1v) is 6.07. The van der Waals surface area contributed by atoms with Gasteiger partial charge in [-0.2, -0.15) is 0 Å². The lowest BCUT2D eigenvalue weighted by atomic mass is 10.1. The zero-order valence-corrected chi connectivity index (χ0v) is 10.3. The summed E-state index contributed by atoms with van der Waals surface area (Å²) in [6, 6.07) is 1.88. The van der Waals surface area contributed by atoms with Gasteiger partial charge in [0, 0.05) is 19.0 Å². The third-order valence-corrected chi connectivity index (χ3v) is 3.02. The van der Waals surface area contributed by atoms with Crippen LogP contribution in [0.4, 0.5) is 5.82 Å². The molecule has 0 bridgehead atoms. The molecule has 0 fully saturated rings. The highest BCUT2D eigenvalue weighted by Gasteiger charge is 2.19. The molecule has 6 heteroatoms. The predicted octanol–water partition coefficient (Wildman–Crippen LogP) is 1.16. The van der Waals surface area contributed by atoms with Crippen molar-refractivity contribution in [3.05, 3.63) is 30.1 Å². The molecule has 18 heavy (non-hydrogen) atoms. The smallest absolute Gasteiger partial charge is 0.218 e. The van der Waals surface area contributed by atoms with Crippen molar-refractivity contribution in [3.63, 3.8) is 0 Å². The van der Waals surface area contributed by atoms with Gasteiger partial charge >= 0.3 is 0 Å². The van der Waals surface area contributed by atoms with Gasteiger partial charge in [-0.15, -0.1) is 0 Å². The summed E-state index contributed by atoms with van der Waals surface area (Å²) in [6.45, 7) is 4.28. The second-order valence-electron chi connectivity index (χ2n) is 4.15. The van der Waals surface area contributed by atoms with Crippen LogP contribution in [0, 0.1) is 0 Å². The molecule has 0 saturated heterocycles. The molecule has 3 heterocycles. The monoisotopic (exact) mass is 245 g/mol. The number of hydrogen-bond acceptors (Lipinski definition) is 5. The maximum absolute atomic E-state index is 5.39. The summed E-state index contributed by atoms with van der Waals surface area (Å²) in [4.78, 5) is 18.0. The second kappa shape index (κ2) is 4.64. The number of anilines is 1. The number of ether oxygens (including phenoxy) is 1. The van der Waals surface area contributed by atoms with Crippen LogP contribution >= 0.6 is 0 Å². The number of aromatic amines is 1. The van der Waals surface area contributed by atoms with Crippen LogP contribution in [0.5, 0.6) is 5.88 Å². The molecule has 0 aromatic carbocycles. The summed E-state index contributed by atoms with van der Waals surface area (Å²) < 4.78 is 5.39. The van der Waals surface area contributed by atoms with Crippen LogP contribution in [0.25, 0.3) is 0 Å². The molecule has 1 aliphatic heterocycles. The largest absolute Gasteiger partial charge is 0.478 e. The summed E-state index contributed by atoms with van der Waals surface area (Å²) in [6.07, 6.45) is 4.23. The van der Waals surface area contributed by atoms with E-state index in [-0.39, 0.29) is 0 Å². The van der Waals surface area contributed by atoms with E-state index in [4.69, 9.17) is 4.74 Å².